The molecule has 1 N–H and O–H groups in total. The van der Waals surface area contributed by atoms with Crippen LogP contribution in [0.2, 0.25) is 0 Å². The molecule has 2 aliphatic rings. The summed E-state index contributed by atoms with van der Waals surface area (Å²) in [4.78, 5) is 52.2. The summed E-state index contributed by atoms with van der Waals surface area (Å²) in [6, 6.07) is 11.5. The lowest BCUT2D eigenvalue weighted by molar-refractivity contribution is 0.0567. The maximum atomic E-state index is 13.5. The van der Waals surface area contributed by atoms with Gasteiger partial charge in [0.15, 0.2) is 0 Å². The van der Waals surface area contributed by atoms with Crippen LogP contribution in [0.5, 0.6) is 0 Å². The predicted octanol–water partition coefficient (Wildman–Crippen LogP) is 3.81. The predicted molar refractivity (Wildman–Crippen MR) is 140 cm³/mol. The number of rotatable bonds is 4. The van der Waals surface area contributed by atoms with Crippen molar-refractivity contribution >= 4 is 28.8 Å². The zero-order valence-corrected chi connectivity index (χ0v) is 21.4. The number of amides is 3. The fraction of sp³-hybridized carbons (Fsp3) is 0.429. The van der Waals surface area contributed by atoms with Crippen LogP contribution in [0.4, 0.5) is 4.79 Å². The number of nitrogens with zero attached hydrogens (tertiary/aromatic N) is 4. The quantitative estimate of drug-likeness (QED) is 0.584. The average Bonchev–Trinajstić information content (AvgIpc) is 3.42. The van der Waals surface area contributed by atoms with Gasteiger partial charge in [-0.25, -0.2) is 4.79 Å². The molecule has 37 heavy (non-hydrogen) atoms. The molecule has 9 heteroatoms. The highest BCUT2D eigenvalue weighted by Gasteiger charge is 2.32. The summed E-state index contributed by atoms with van der Waals surface area (Å²) in [7, 11) is 0. The SMILES string of the molecule is CCOC(=O)N1CCN(C(=O)c2ccc(C)nc2C2CCN(C(=O)c3cccc4cc[nH]c34)CC2)CC1. The van der Waals surface area contributed by atoms with Crippen molar-refractivity contribution in [2.75, 3.05) is 45.9 Å². The van der Waals surface area contributed by atoms with Crippen LogP contribution in [-0.2, 0) is 4.74 Å². The zero-order chi connectivity index (χ0) is 25.9. The van der Waals surface area contributed by atoms with Gasteiger partial charge in [0.1, 0.15) is 0 Å². The molecule has 0 radical (unpaired) electrons. The van der Waals surface area contributed by atoms with Gasteiger partial charge in [-0.2, -0.15) is 0 Å². The number of nitrogens with one attached hydrogen (secondary N) is 1. The van der Waals surface area contributed by atoms with Crippen LogP contribution in [0, 0.1) is 6.92 Å². The van der Waals surface area contributed by atoms with Gasteiger partial charge in [0.2, 0.25) is 0 Å². The van der Waals surface area contributed by atoms with Crippen LogP contribution in [0.1, 0.15) is 57.8 Å². The van der Waals surface area contributed by atoms with Crippen LogP contribution in [-0.4, -0.2) is 88.5 Å². The summed E-state index contributed by atoms with van der Waals surface area (Å²) in [6.07, 6.45) is 3.02. The minimum Gasteiger partial charge on any atom is -0.450 e. The number of carbonyl (C=O) groups is 3. The van der Waals surface area contributed by atoms with E-state index < -0.39 is 0 Å². The smallest absolute Gasteiger partial charge is 0.409 e. The summed E-state index contributed by atoms with van der Waals surface area (Å²) in [5, 5.41) is 1.02. The van der Waals surface area contributed by atoms with Crippen molar-refractivity contribution in [3.8, 4) is 0 Å². The molecule has 2 aromatic heterocycles. The molecule has 0 aliphatic carbocycles. The van der Waals surface area contributed by atoms with Crippen molar-refractivity contribution in [2.24, 2.45) is 0 Å². The molecule has 3 amide bonds. The van der Waals surface area contributed by atoms with E-state index >= 15 is 0 Å². The Balaban J connectivity index is 1.27. The molecule has 2 fully saturated rings. The zero-order valence-electron chi connectivity index (χ0n) is 21.4. The maximum Gasteiger partial charge on any atom is 0.409 e. The molecule has 2 saturated heterocycles. The second-order valence-electron chi connectivity index (χ2n) is 9.68. The Labute approximate surface area is 216 Å². The van der Waals surface area contributed by atoms with E-state index in [4.69, 9.17) is 9.72 Å². The first kappa shape index (κ1) is 24.8. The largest absolute Gasteiger partial charge is 0.450 e. The second kappa shape index (κ2) is 10.6. The standard InChI is InChI=1S/C28H33N5O4/c1-3-37-28(36)33-17-15-32(16-18-33)27(35)23-8-7-19(2)30-25(23)21-10-13-31(14-11-21)26(34)22-6-4-5-20-9-12-29-24(20)22/h4-9,12,21,29H,3,10-11,13-18H2,1-2H3. The highest BCUT2D eigenvalue weighted by molar-refractivity contribution is 6.05. The van der Waals surface area contributed by atoms with Crippen LogP contribution in [0.25, 0.3) is 10.9 Å². The van der Waals surface area contributed by atoms with Crippen molar-refractivity contribution in [2.45, 2.75) is 32.6 Å². The van der Waals surface area contributed by atoms with Crippen LogP contribution in [0.15, 0.2) is 42.6 Å². The van der Waals surface area contributed by atoms with E-state index in [-0.39, 0.29) is 23.8 Å². The fourth-order valence-corrected chi connectivity index (χ4v) is 5.34. The van der Waals surface area contributed by atoms with Crippen LogP contribution >= 0.6 is 0 Å². The maximum absolute atomic E-state index is 13.5. The number of hydrogen-bond acceptors (Lipinski definition) is 5. The van der Waals surface area contributed by atoms with Crippen molar-refractivity contribution < 1.29 is 19.1 Å². The van der Waals surface area contributed by atoms with Gasteiger partial charge in [0.25, 0.3) is 11.8 Å². The van der Waals surface area contributed by atoms with Crippen molar-refractivity contribution in [3.05, 3.63) is 65.1 Å². The van der Waals surface area contributed by atoms with Gasteiger partial charge in [0, 0.05) is 62.5 Å². The second-order valence-corrected chi connectivity index (χ2v) is 9.68. The molecule has 4 heterocycles. The lowest BCUT2D eigenvalue weighted by atomic mass is 9.89. The lowest BCUT2D eigenvalue weighted by Gasteiger charge is -2.35. The molecular weight excluding hydrogens is 470 g/mol. The Kier molecular flexibility index (Phi) is 7.12. The highest BCUT2D eigenvalue weighted by Crippen LogP contribution is 2.31. The Hall–Kier alpha value is -3.88. The van der Waals surface area contributed by atoms with Gasteiger partial charge in [0.05, 0.1) is 28.9 Å². The Morgan fingerprint density at radius 1 is 0.892 bits per heavy atom. The number of H-pyrrole nitrogens is 1. The summed E-state index contributed by atoms with van der Waals surface area (Å²) in [5.74, 6) is 0.0763. The first-order valence-electron chi connectivity index (χ1n) is 13.0. The summed E-state index contributed by atoms with van der Waals surface area (Å²) >= 11 is 0. The van der Waals surface area contributed by atoms with Crippen LogP contribution in [0.3, 0.4) is 0 Å². The summed E-state index contributed by atoms with van der Waals surface area (Å²) < 4.78 is 5.09. The number of aromatic amines is 1. The van der Waals surface area contributed by atoms with Gasteiger partial charge >= 0.3 is 6.09 Å². The summed E-state index contributed by atoms with van der Waals surface area (Å²) in [5.41, 5.74) is 3.86. The number of piperidine rings is 1. The van der Waals surface area contributed by atoms with Gasteiger partial charge in [-0.1, -0.05) is 12.1 Å². The number of pyridine rings is 1. The van der Waals surface area contributed by atoms with Gasteiger partial charge in [-0.15, -0.1) is 0 Å². The molecule has 0 bridgehead atoms. The van der Waals surface area contributed by atoms with Crippen LogP contribution < -0.4 is 0 Å². The highest BCUT2D eigenvalue weighted by atomic mass is 16.6. The first-order chi connectivity index (χ1) is 18.0. The average molecular weight is 504 g/mol. The van der Waals surface area contributed by atoms with Crippen molar-refractivity contribution in [1.82, 2.24) is 24.7 Å². The van der Waals surface area contributed by atoms with E-state index in [2.05, 4.69) is 4.98 Å². The van der Waals surface area contributed by atoms with Crippen molar-refractivity contribution in [3.63, 3.8) is 0 Å². The van der Waals surface area contributed by atoms with Crippen molar-refractivity contribution in [1.29, 1.82) is 0 Å². The molecule has 0 atom stereocenters. The number of piperazine rings is 1. The molecule has 3 aromatic rings. The number of ether oxygens (including phenoxy) is 1. The lowest BCUT2D eigenvalue weighted by Crippen LogP contribution is -2.51. The van der Waals surface area contributed by atoms with Gasteiger partial charge in [-0.3, -0.25) is 14.6 Å². The molecule has 0 unspecified atom stereocenters. The molecular formula is C28H33N5O4. The van der Waals surface area contributed by atoms with E-state index in [0.29, 0.717) is 57.0 Å². The summed E-state index contributed by atoms with van der Waals surface area (Å²) in [6.45, 7) is 7.11. The normalized spacial score (nSPS) is 16.8. The molecule has 5 rings (SSSR count). The number of hydrogen-bond donors (Lipinski definition) is 1. The minimum atomic E-state index is -0.332. The number of para-hydroxylation sites is 1. The molecule has 0 spiro atoms. The van der Waals surface area contributed by atoms with E-state index in [1.165, 1.54) is 0 Å². The number of fused-ring (bicyclic) bond motifs is 1. The molecule has 194 valence electrons. The third kappa shape index (κ3) is 5.03. The molecule has 1 aromatic carbocycles. The monoisotopic (exact) mass is 503 g/mol. The first-order valence-corrected chi connectivity index (χ1v) is 13.0. The number of aryl methyl sites for hydroxylation is 1. The Morgan fingerprint density at radius 3 is 2.30 bits per heavy atom. The van der Waals surface area contributed by atoms with E-state index in [1.807, 2.05) is 54.4 Å². The van der Waals surface area contributed by atoms with Gasteiger partial charge < -0.3 is 24.4 Å². The third-order valence-electron chi connectivity index (χ3n) is 7.37. The van der Waals surface area contributed by atoms with Gasteiger partial charge in [-0.05, 0) is 51.0 Å². The fourth-order valence-electron chi connectivity index (χ4n) is 5.34. The Bertz CT molecular complexity index is 1300. The molecule has 2 aliphatic heterocycles. The number of benzene rings is 1. The Morgan fingerprint density at radius 2 is 1.57 bits per heavy atom. The molecule has 0 saturated carbocycles. The van der Waals surface area contributed by atoms with E-state index in [0.717, 1.165) is 35.1 Å². The third-order valence-corrected chi connectivity index (χ3v) is 7.37. The topological polar surface area (TPSA) is 98.8 Å². The van der Waals surface area contributed by atoms with E-state index in [1.54, 1.807) is 16.7 Å². The van der Waals surface area contributed by atoms with E-state index in [9.17, 15) is 14.4 Å². The minimum absolute atomic E-state index is 0.0273. The number of carbonyl (C=O) groups excluding carboxylic acids is 3. The number of aromatic nitrogens is 2. The molecule has 9 nitrogen and oxygen atoms in total. The number of likely N-dealkylation sites (tertiary alicyclic amines) is 1.